The molecule has 0 aliphatic carbocycles. The van der Waals surface area contributed by atoms with Crippen LogP contribution in [0.25, 0.3) is 11.1 Å². The Kier molecular flexibility index (Phi) is 15.0. The fraction of sp³-hybridized carbons (Fsp3) is 0.486. The van der Waals surface area contributed by atoms with Crippen LogP contribution in [0.1, 0.15) is 64.1 Å². The second-order valence-electron chi connectivity index (χ2n) is 13.7. The highest BCUT2D eigenvalue weighted by Gasteiger charge is 2.36. The van der Waals surface area contributed by atoms with Crippen LogP contribution >= 0.6 is 0 Å². The summed E-state index contributed by atoms with van der Waals surface area (Å²) >= 11 is 0. The monoisotopic (exact) mass is 773 g/mol. The number of likely N-dealkylation sites (N-methyl/N-ethyl adjacent to an activating group) is 1. The van der Waals surface area contributed by atoms with Gasteiger partial charge in [0.05, 0.1) is 21.3 Å². The smallest absolute Gasteiger partial charge is 0.407 e. The predicted octanol–water partition coefficient (Wildman–Crippen LogP) is 2.72. The number of alkyl carbamates (subject to hydrolysis) is 1. The van der Waals surface area contributed by atoms with Crippen LogP contribution in [0, 0.1) is 0 Å². The third-order valence-electron chi connectivity index (χ3n) is 8.48. The van der Waals surface area contributed by atoms with Crippen LogP contribution in [0.15, 0.2) is 48.4 Å². The van der Waals surface area contributed by atoms with Gasteiger partial charge < -0.3 is 39.8 Å². The maximum atomic E-state index is 14.3. The fourth-order valence-corrected chi connectivity index (χ4v) is 6.52. The van der Waals surface area contributed by atoms with E-state index in [0.29, 0.717) is 45.6 Å². The lowest BCUT2D eigenvalue weighted by Gasteiger charge is -2.32. The van der Waals surface area contributed by atoms with Crippen molar-refractivity contribution in [1.82, 2.24) is 25.6 Å². The molecule has 0 fully saturated rings. The highest BCUT2D eigenvalue weighted by Crippen LogP contribution is 2.40. The summed E-state index contributed by atoms with van der Waals surface area (Å²) in [4.78, 5) is 67.8. The number of fused-ring (bicyclic) bond motifs is 5. The molecule has 17 heteroatoms. The average molecular weight is 774 g/mol. The summed E-state index contributed by atoms with van der Waals surface area (Å²) in [6.07, 6.45) is 0.0872. The summed E-state index contributed by atoms with van der Waals surface area (Å²) in [6.45, 7) is 10.1. The minimum absolute atomic E-state index is 0.00778. The van der Waals surface area contributed by atoms with E-state index in [0.717, 1.165) is 4.90 Å². The van der Waals surface area contributed by atoms with Crippen molar-refractivity contribution >= 4 is 39.8 Å². The fourth-order valence-electron chi connectivity index (χ4n) is 5.81. The van der Waals surface area contributed by atoms with Crippen LogP contribution in [0.3, 0.4) is 0 Å². The molecule has 4 atom stereocenters. The van der Waals surface area contributed by atoms with Gasteiger partial charge in [-0.2, -0.15) is 4.72 Å². The van der Waals surface area contributed by atoms with Crippen LogP contribution in [0.2, 0.25) is 0 Å². The maximum absolute atomic E-state index is 14.3. The highest BCUT2D eigenvalue weighted by molar-refractivity contribution is 7.92. The van der Waals surface area contributed by atoms with Gasteiger partial charge in [0.25, 0.3) is 0 Å². The van der Waals surface area contributed by atoms with Crippen molar-refractivity contribution in [1.29, 1.82) is 0 Å². The molecule has 0 saturated carbocycles. The molecule has 0 unspecified atom stereocenters. The van der Waals surface area contributed by atoms with Crippen LogP contribution in [-0.2, 0) is 45.1 Å². The number of nitrogens with one attached hydrogen (secondary N) is 4. The SMILES string of the molecule is C=CS(=O)(=O)N[C@@H](CCCCNC(=O)OC(C)(C)C)C(=O)N(C)[C@@H]1C(=O)N[C@@H](C)C(=O)N[C@H](C(=O)OC)Cc2ccc(OC)c(c2)-c2cc1ccc2OC. The maximum Gasteiger partial charge on any atom is 0.407 e. The van der Waals surface area contributed by atoms with E-state index in [4.69, 9.17) is 18.9 Å². The van der Waals surface area contributed by atoms with Gasteiger partial charge in [0, 0.05) is 36.5 Å². The number of amides is 4. The number of carbonyl (C=O) groups excluding carboxylic acids is 5. The lowest BCUT2D eigenvalue weighted by atomic mass is 9.93. The van der Waals surface area contributed by atoms with Crippen molar-refractivity contribution < 1.29 is 51.3 Å². The number of methoxy groups -OCH3 is 3. The van der Waals surface area contributed by atoms with E-state index in [1.165, 1.54) is 35.3 Å². The number of rotatable bonds is 13. The third-order valence-corrected chi connectivity index (χ3v) is 9.53. The van der Waals surface area contributed by atoms with Gasteiger partial charge >= 0.3 is 12.1 Å². The van der Waals surface area contributed by atoms with Crippen molar-refractivity contribution in [2.24, 2.45) is 0 Å². The molecule has 3 rings (SSSR count). The Morgan fingerprint density at radius 3 is 2.20 bits per heavy atom. The number of esters is 1. The molecule has 0 aromatic heterocycles. The van der Waals surface area contributed by atoms with Gasteiger partial charge in [0.2, 0.25) is 27.7 Å². The van der Waals surface area contributed by atoms with E-state index < -0.39 is 69.6 Å². The zero-order valence-electron chi connectivity index (χ0n) is 31.9. The van der Waals surface area contributed by atoms with Gasteiger partial charge in [-0.3, -0.25) is 14.4 Å². The van der Waals surface area contributed by atoms with Crippen molar-refractivity contribution in [3.05, 3.63) is 59.5 Å². The Morgan fingerprint density at radius 1 is 0.981 bits per heavy atom. The third kappa shape index (κ3) is 11.7. The Bertz CT molecular complexity index is 1830. The van der Waals surface area contributed by atoms with Gasteiger partial charge in [-0.25, -0.2) is 18.0 Å². The first-order valence-corrected chi connectivity index (χ1v) is 18.8. The van der Waals surface area contributed by atoms with E-state index in [9.17, 15) is 32.4 Å². The van der Waals surface area contributed by atoms with Gasteiger partial charge in [-0.05, 0) is 82.3 Å². The van der Waals surface area contributed by atoms with Gasteiger partial charge in [-0.1, -0.05) is 18.7 Å². The zero-order valence-corrected chi connectivity index (χ0v) is 32.8. The second kappa shape index (κ2) is 18.7. The molecule has 54 heavy (non-hydrogen) atoms. The lowest BCUT2D eigenvalue weighted by Crippen LogP contribution is -2.54. The van der Waals surface area contributed by atoms with Crippen LogP contribution in [0.5, 0.6) is 11.5 Å². The van der Waals surface area contributed by atoms with Crippen molar-refractivity contribution in [2.45, 2.75) is 83.1 Å². The predicted molar refractivity (Wildman–Crippen MR) is 200 cm³/mol. The molecule has 4 N–H and O–H groups in total. The number of nitrogens with zero attached hydrogens (tertiary/aromatic N) is 1. The quantitative estimate of drug-likeness (QED) is 0.172. The summed E-state index contributed by atoms with van der Waals surface area (Å²) in [7, 11) is 1.35. The number of hydrogen-bond donors (Lipinski definition) is 4. The molecule has 0 saturated heterocycles. The number of hydrogen-bond acceptors (Lipinski definition) is 11. The molecule has 4 bridgehead atoms. The van der Waals surface area contributed by atoms with Gasteiger partial charge in [0.15, 0.2) is 0 Å². The lowest BCUT2D eigenvalue weighted by molar-refractivity contribution is -0.145. The van der Waals surface area contributed by atoms with Crippen molar-refractivity contribution in [3.63, 3.8) is 0 Å². The van der Waals surface area contributed by atoms with E-state index >= 15 is 0 Å². The standard InChI is InChI=1S/C37H51N5O11S/c1-10-54(48,49)41-27(13-11-12-18-38-36(47)53-37(3,4)5)34(45)42(6)31-24-15-17-30(51-8)26(21-24)25-19-23(14-16-29(25)50-7)20-28(35(46)52-9)40-32(43)22(2)39-33(31)44/h10,14-17,19,21-22,27-28,31,41H,1,11-13,18,20H2,2-9H3,(H,38,47)(H,39,44)(H,40,43)/t22-,27-,28-,31-/m0/s1. The first kappa shape index (κ1) is 43.2. The number of ether oxygens (including phenoxy) is 4. The molecule has 1 aliphatic heterocycles. The minimum Gasteiger partial charge on any atom is -0.496 e. The average Bonchev–Trinajstić information content (AvgIpc) is 3.11. The Labute approximate surface area is 316 Å². The van der Waals surface area contributed by atoms with Gasteiger partial charge in [-0.15, -0.1) is 0 Å². The Morgan fingerprint density at radius 2 is 1.61 bits per heavy atom. The number of carbonyl (C=O) groups is 5. The van der Waals surface area contributed by atoms with E-state index in [1.807, 2.05) is 0 Å². The highest BCUT2D eigenvalue weighted by atomic mass is 32.2. The number of sulfonamides is 1. The topological polar surface area (TPSA) is 208 Å². The van der Waals surface area contributed by atoms with E-state index in [-0.39, 0.29) is 25.8 Å². The van der Waals surface area contributed by atoms with Crippen molar-refractivity contribution in [3.8, 4) is 22.6 Å². The summed E-state index contributed by atoms with van der Waals surface area (Å²) in [5.41, 5.74) is 1.26. The molecule has 1 aliphatic rings. The molecule has 16 nitrogen and oxygen atoms in total. The first-order valence-electron chi connectivity index (χ1n) is 17.3. The summed E-state index contributed by atoms with van der Waals surface area (Å²) in [5, 5.41) is 8.58. The first-order chi connectivity index (χ1) is 25.3. The Balaban J connectivity index is 2.09. The molecule has 1 heterocycles. The van der Waals surface area contributed by atoms with Crippen LogP contribution < -0.4 is 30.1 Å². The molecular weight excluding hydrogens is 722 g/mol. The van der Waals surface area contributed by atoms with Crippen LogP contribution in [0.4, 0.5) is 4.79 Å². The van der Waals surface area contributed by atoms with Crippen LogP contribution in [-0.4, -0.2) is 102 Å². The normalized spacial score (nSPS) is 18.1. The van der Waals surface area contributed by atoms with E-state index in [1.54, 1.807) is 57.2 Å². The molecule has 296 valence electrons. The largest absolute Gasteiger partial charge is 0.496 e. The second-order valence-corrected chi connectivity index (χ2v) is 15.3. The zero-order chi connectivity index (χ0) is 40.4. The summed E-state index contributed by atoms with van der Waals surface area (Å²) in [6, 6.07) is 4.99. The summed E-state index contributed by atoms with van der Waals surface area (Å²) < 4.78 is 49.3. The van der Waals surface area contributed by atoms with Crippen molar-refractivity contribution in [2.75, 3.05) is 34.9 Å². The molecule has 4 amide bonds. The summed E-state index contributed by atoms with van der Waals surface area (Å²) in [5.74, 6) is -2.10. The van der Waals surface area contributed by atoms with E-state index in [2.05, 4.69) is 27.3 Å². The Hall–Kier alpha value is -5.16. The molecule has 0 radical (unpaired) electrons. The molecule has 0 spiro atoms. The number of benzene rings is 2. The molecule has 2 aromatic rings. The minimum atomic E-state index is -4.13. The van der Waals surface area contributed by atoms with Gasteiger partial charge in [0.1, 0.15) is 41.3 Å². The molecule has 2 aromatic carbocycles. The molecular formula is C37H51N5O11S. The number of unbranched alkanes of at least 4 members (excludes halogenated alkanes) is 1.